The Morgan fingerprint density at radius 2 is 2.00 bits per heavy atom. The van der Waals surface area contributed by atoms with E-state index in [2.05, 4.69) is 5.32 Å². The number of carboxylic acid groups (broad SMARTS) is 1. The van der Waals surface area contributed by atoms with Gasteiger partial charge in [-0.15, -0.1) is 0 Å². The van der Waals surface area contributed by atoms with Gasteiger partial charge in [-0.25, -0.2) is 4.39 Å². The zero-order valence-electron chi connectivity index (χ0n) is 11.9. The van der Waals surface area contributed by atoms with Gasteiger partial charge in [0.05, 0.1) is 0 Å². The molecule has 114 valence electrons. The number of carboxylic acids is 1. The van der Waals surface area contributed by atoms with Crippen molar-refractivity contribution >= 4 is 11.9 Å². The first-order valence-electron chi connectivity index (χ1n) is 7.41. The number of carbonyl (C=O) groups excluding carboxylic acids is 1. The number of amides is 1. The van der Waals surface area contributed by atoms with Crippen LogP contribution in [0, 0.1) is 0 Å². The van der Waals surface area contributed by atoms with Crippen LogP contribution >= 0.6 is 0 Å². The molecule has 0 aliphatic heterocycles. The van der Waals surface area contributed by atoms with E-state index >= 15 is 0 Å². The van der Waals surface area contributed by atoms with Gasteiger partial charge in [0.25, 0.3) is 5.91 Å². The van der Waals surface area contributed by atoms with Gasteiger partial charge in [-0.2, -0.15) is 0 Å². The van der Waals surface area contributed by atoms with Crippen LogP contribution in [-0.4, -0.2) is 29.2 Å². The summed E-state index contributed by atoms with van der Waals surface area (Å²) in [5.74, 6) is -1.37. The molecule has 1 unspecified atom stereocenters. The zero-order valence-corrected chi connectivity index (χ0v) is 11.9. The quantitative estimate of drug-likeness (QED) is 0.558. The normalized spacial score (nSPS) is 24.4. The third-order valence-corrected chi connectivity index (χ3v) is 3.52. The number of halogens is 1. The van der Waals surface area contributed by atoms with Crippen LogP contribution in [0.3, 0.4) is 0 Å². The fraction of sp³-hybridized carbons (Fsp3) is 0.733. The summed E-state index contributed by atoms with van der Waals surface area (Å²) in [4.78, 5) is 22.2. The predicted molar refractivity (Wildman–Crippen MR) is 75.2 cm³/mol. The Labute approximate surface area is 119 Å². The Balaban J connectivity index is 2.26. The summed E-state index contributed by atoms with van der Waals surface area (Å²) < 4.78 is 14.5. The largest absolute Gasteiger partial charge is 0.481 e. The molecule has 0 spiro atoms. The number of hydrogen-bond acceptors (Lipinski definition) is 2. The van der Waals surface area contributed by atoms with E-state index in [1.165, 1.54) is 6.08 Å². The van der Waals surface area contributed by atoms with Gasteiger partial charge in [0.15, 0.2) is 0 Å². The minimum absolute atomic E-state index is 0.143. The number of aliphatic carboxylic acids is 1. The van der Waals surface area contributed by atoms with E-state index in [9.17, 15) is 14.0 Å². The van der Waals surface area contributed by atoms with Crippen LogP contribution in [0.5, 0.6) is 0 Å². The first-order chi connectivity index (χ1) is 9.54. The Kier molecular flexibility index (Phi) is 7.26. The van der Waals surface area contributed by atoms with Gasteiger partial charge in [0, 0.05) is 13.0 Å². The summed E-state index contributed by atoms with van der Waals surface area (Å²) in [6, 6.07) is 0. The number of carbonyl (C=O) groups is 2. The molecule has 0 bridgehead atoms. The molecule has 1 aliphatic carbocycles. The van der Waals surface area contributed by atoms with Crippen molar-refractivity contribution in [2.75, 3.05) is 6.54 Å². The molecule has 0 fully saturated rings. The standard InChI is InChI=1S/C15H24FNO3/c16-15(10-6-2-1-3-7-11-15)14(20)17-12-8-4-5-9-13(18)19/h6,10H,1-5,7-9,11-12H2,(H,17,20)(H,18,19)/b10-6-. The molecular formula is C15H24FNO3. The molecule has 1 amide bonds. The van der Waals surface area contributed by atoms with Crippen LogP contribution in [0.25, 0.3) is 0 Å². The topological polar surface area (TPSA) is 66.4 Å². The van der Waals surface area contributed by atoms with Crippen molar-refractivity contribution < 1.29 is 19.1 Å². The van der Waals surface area contributed by atoms with E-state index in [4.69, 9.17) is 5.11 Å². The van der Waals surface area contributed by atoms with Gasteiger partial charge in [0.1, 0.15) is 0 Å². The van der Waals surface area contributed by atoms with Crippen molar-refractivity contribution in [2.24, 2.45) is 0 Å². The van der Waals surface area contributed by atoms with Gasteiger partial charge in [-0.05, 0) is 44.6 Å². The molecule has 0 aromatic rings. The lowest BCUT2D eigenvalue weighted by Gasteiger charge is -2.22. The molecular weight excluding hydrogens is 261 g/mol. The van der Waals surface area contributed by atoms with E-state index in [0.29, 0.717) is 19.4 Å². The minimum atomic E-state index is -1.87. The monoisotopic (exact) mass is 285 g/mol. The first-order valence-corrected chi connectivity index (χ1v) is 7.41. The second kappa shape index (κ2) is 8.72. The average molecular weight is 285 g/mol. The molecule has 0 radical (unpaired) electrons. The van der Waals surface area contributed by atoms with Crippen molar-refractivity contribution in [3.63, 3.8) is 0 Å². The highest BCUT2D eigenvalue weighted by Gasteiger charge is 2.35. The number of allylic oxidation sites excluding steroid dienone is 1. The molecule has 20 heavy (non-hydrogen) atoms. The van der Waals surface area contributed by atoms with Gasteiger partial charge in [0.2, 0.25) is 5.67 Å². The van der Waals surface area contributed by atoms with Crippen LogP contribution in [-0.2, 0) is 9.59 Å². The fourth-order valence-corrected chi connectivity index (χ4v) is 2.29. The Hall–Kier alpha value is -1.39. The van der Waals surface area contributed by atoms with E-state index < -0.39 is 17.5 Å². The molecule has 1 aliphatic rings. The van der Waals surface area contributed by atoms with Gasteiger partial charge in [-0.1, -0.05) is 18.9 Å². The lowest BCUT2D eigenvalue weighted by atomic mass is 9.93. The molecule has 0 aromatic carbocycles. The van der Waals surface area contributed by atoms with Gasteiger partial charge >= 0.3 is 5.97 Å². The van der Waals surface area contributed by atoms with Crippen LogP contribution in [0.1, 0.15) is 57.8 Å². The van der Waals surface area contributed by atoms with Crippen LogP contribution < -0.4 is 5.32 Å². The van der Waals surface area contributed by atoms with Gasteiger partial charge < -0.3 is 10.4 Å². The minimum Gasteiger partial charge on any atom is -0.481 e. The van der Waals surface area contributed by atoms with E-state index in [-0.39, 0.29) is 12.8 Å². The molecule has 0 saturated carbocycles. The number of hydrogen-bond donors (Lipinski definition) is 2. The third-order valence-electron chi connectivity index (χ3n) is 3.52. The van der Waals surface area contributed by atoms with E-state index in [1.54, 1.807) is 6.08 Å². The second-order valence-corrected chi connectivity index (χ2v) is 5.32. The van der Waals surface area contributed by atoms with Crippen molar-refractivity contribution in [1.82, 2.24) is 5.32 Å². The molecule has 0 saturated heterocycles. The molecule has 1 atom stereocenters. The highest BCUT2D eigenvalue weighted by atomic mass is 19.1. The SMILES string of the molecule is O=C(O)CCCCCNC(=O)C1(F)/C=C\CCCCC1. The summed E-state index contributed by atoms with van der Waals surface area (Å²) in [5.41, 5.74) is -1.87. The van der Waals surface area contributed by atoms with Crippen molar-refractivity contribution in [1.29, 1.82) is 0 Å². The second-order valence-electron chi connectivity index (χ2n) is 5.32. The number of nitrogens with one attached hydrogen (secondary N) is 1. The maximum atomic E-state index is 14.5. The van der Waals surface area contributed by atoms with E-state index in [0.717, 1.165) is 32.1 Å². The van der Waals surface area contributed by atoms with Crippen molar-refractivity contribution in [2.45, 2.75) is 63.5 Å². The molecule has 0 heterocycles. The van der Waals surface area contributed by atoms with Crippen molar-refractivity contribution in [3.8, 4) is 0 Å². The molecule has 1 rings (SSSR count). The maximum absolute atomic E-state index is 14.5. The van der Waals surface area contributed by atoms with Crippen LogP contribution in [0.2, 0.25) is 0 Å². The highest BCUT2D eigenvalue weighted by Crippen LogP contribution is 2.25. The Morgan fingerprint density at radius 1 is 1.20 bits per heavy atom. The summed E-state index contributed by atoms with van der Waals surface area (Å²) in [5, 5.41) is 11.1. The predicted octanol–water partition coefficient (Wildman–Crippen LogP) is 2.98. The lowest BCUT2D eigenvalue weighted by molar-refractivity contribution is -0.137. The average Bonchev–Trinajstić information content (AvgIpc) is 2.37. The summed E-state index contributed by atoms with van der Waals surface area (Å²) in [7, 11) is 0. The molecule has 0 aromatic heterocycles. The molecule has 4 nitrogen and oxygen atoms in total. The molecule has 5 heteroatoms. The van der Waals surface area contributed by atoms with Crippen molar-refractivity contribution in [3.05, 3.63) is 12.2 Å². The summed E-state index contributed by atoms with van der Waals surface area (Å²) >= 11 is 0. The number of unbranched alkanes of at least 4 members (excludes halogenated alkanes) is 2. The van der Waals surface area contributed by atoms with Gasteiger partial charge in [-0.3, -0.25) is 9.59 Å². The first kappa shape index (κ1) is 16.7. The van der Waals surface area contributed by atoms with Crippen LogP contribution in [0.15, 0.2) is 12.2 Å². The van der Waals surface area contributed by atoms with E-state index in [1.807, 2.05) is 0 Å². The van der Waals surface area contributed by atoms with Crippen LogP contribution in [0.4, 0.5) is 4.39 Å². The Bertz CT molecular complexity index is 357. The fourth-order valence-electron chi connectivity index (χ4n) is 2.29. The Morgan fingerprint density at radius 3 is 2.75 bits per heavy atom. The smallest absolute Gasteiger partial charge is 0.303 e. The number of alkyl halides is 1. The summed E-state index contributed by atoms with van der Waals surface area (Å²) in [6.07, 6.45) is 9.10. The summed E-state index contributed by atoms with van der Waals surface area (Å²) in [6.45, 7) is 0.401. The molecule has 2 N–H and O–H groups in total. The number of rotatable bonds is 7. The zero-order chi connectivity index (χ0) is 14.8. The maximum Gasteiger partial charge on any atom is 0.303 e. The highest BCUT2D eigenvalue weighted by molar-refractivity contribution is 5.87. The third kappa shape index (κ3) is 6.17. The lowest BCUT2D eigenvalue weighted by Crippen LogP contribution is -2.42.